The summed E-state index contributed by atoms with van der Waals surface area (Å²) in [6.07, 6.45) is 4.08. The highest BCUT2D eigenvalue weighted by Gasteiger charge is 2.49. The molecule has 0 spiro atoms. The van der Waals surface area contributed by atoms with Crippen molar-refractivity contribution in [2.75, 3.05) is 68.7 Å². The summed E-state index contributed by atoms with van der Waals surface area (Å²) in [5.74, 6) is -0.207. The molecular formula is C41H42F3N13O3. The molecular weight excluding hydrogens is 780 g/mol. The molecule has 4 aromatic heterocycles. The lowest BCUT2D eigenvalue weighted by atomic mass is 9.86. The Hall–Kier alpha value is -5.92. The maximum absolute atomic E-state index is 15.4. The largest absolute Gasteiger partial charge is 0.378 e. The minimum absolute atomic E-state index is 0.0335. The van der Waals surface area contributed by atoms with Gasteiger partial charge in [0.25, 0.3) is 0 Å². The molecule has 19 heteroatoms. The first-order valence-corrected chi connectivity index (χ1v) is 20.2. The standard InChI is InChI=1S/C41H42F3N13O3/c1-21-47-33-10-23(43)8-29-32-6-7-45-40(49-32)48-24-11-35(39(58)52(2)17-28(59-3)18-54(21)36(29)33)55(14-24)37-30-13-46-57(34-5-4-22(42)9-31(34)44)38(30)51-41(50-37)56-25-12-26(56)16-53(15-25)27-19-60-20-27/h4-10,13,24-28,35H,11-12,14-20H2,1-3H3,(H,45,48,49)/t24-,25?,26?,28-,35-/m0/s1. The van der Waals surface area contributed by atoms with E-state index in [0.717, 1.165) is 38.8 Å². The van der Waals surface area contributed by atoms with Gasteiger partial charge in [0.05, 0.1) is 60.2 Å². The van der Waals surface area contributed by atoms with Crippen molar-refractivity contribution in [3.05, 3.63) is 72.1 Å². The van der Waals surface area contributed by atoms with Gasteiger partial charge in [0.15, 0.2) is 11.5 Å². The number of ether oxygens (including phenoxy) is 2. The van der Waals surface area contributed by atoms with Gasteiger partial charge in [-0.25, -0.2) is 32.8 Å². The number of methoxy groups -OCH3 is 1. The van der Waals surface area contributed by atoms with Crippen LogP contribution in [0.1, 0.15) is 18.7 Å². The van der Waals surface area contributed by atoms with Gasteiger partial charge in [0.2, 0.25) is 17.8 Å². The Kier molecular flexibility index (Phi) is 8.71. The lowest BCUT2D eigenvalue weighted by Gasteiger charge is -2.58. The van der Waals surface area contributed by atoms with E-state index in [9.17, 15) is 9.18 Å². The van der Waals surface area contributed by atoms with Crippen LogP contribution in [0.2, 0.25) is 0 Å². The number of anilines is 3. The van der Waals surface area contributed by atoms with Crippen LogP contribution in [0.3, 0.4) is 0 Å². The number of carbonyl (C=O) groups is 1. The van der Waals surface area contributed by atoms with Crippen LogP contribution in [0.4, 0.5) is 30.9 Å². The first-order valence-electron chi connectivity index (χ1n) is 20.2. The van der Waals surface area contributed by atoms with Crippen LogP contribution in [-0.4, -0.2) is 145 Å². The van der Waals surface area contributed by atoms with E-state index in [1.54, 1.807) is 37.5 Å². The molecule has 1 N–H and O–H groups in total. The number of aryl methyl sites for hydroxylation is 1. The fraction of sp³-hybridized carbons (Fsp3) is 0.439. The lowest BCUT2D eigenvalue weighted by Crippen LogP contribution is -2.72. The maximum Gasteiger partial charge on any atom is 0.245 e. The second-order valence-electron chi connectivity index (χ2n) is 16.5. The number of aromatic nitrogens is 8. The third-order valence-corrected chi connectivity index (χ3v) is 12.8. The number of piperazine rings is 1. The SMILES string of the molecule is CO[C@H]1CN(C)C(=O)[C@@H]2C[C@@H](CN2c2nc(N3C4CC3CN(C3COC3)C4)nc3c2cnn3-c2ccc(F)cc2F)Nc2nccc(n2)-c2cc(F)cc3nc(C)n(c23)C1. The van der Waals surface area contributed by atoms with Gasteiger partial charge < -0.3 is 34.1 Å². The number of hydrogen-bond acceptors (Lipinski definition) is 13. The summed E-state index contributed by atoms with van der Waals surface area (Å²) in [6.45, 7) is 5.85. The fourth-order valence-corrected chi connectivity index (χ4v) is 9.75. The van der Waals surface area contributed by atoms with E-state index in [-0.39, 0.29) is 36.3 Å². The second kappa shape index (κ2) is 14.1. The van der Waals surface area contributed by atoms with Crippen LogP contribution >= 0.6 is 0 Å². The molecule has 5 saturated heterocycles. The van der Waals surface area contributed by atoms with Gasteiger partial charge in [-0.15, -0.1) is 0 Å². The lowest BCUT2D eigenvalue weighted by molar-refractivity contribution is -0.132. The van der Waals surface area contributed by atoms with Crippen molar-refractivity contribution in [3.63, 3.8) is 0 Å². The van der Waals surface area contributed by atoms with E-state index in [1.807, 2.05) is 16.4 Å². The number of nitrogens with one attached hydrogen (secondary N) is 1. The van der Waals surface area contributed by atoms with Crippen molar-refractivity contribution in [2.24, 2.45) is 0 Å². The van der Waals surface area contributed by atoms with Crippen LogP contribution in [0.25, 0.3) is 39.0 Å². The van der Waals surface area contributed by atoms with Gasteiger partial charge >= 0.3 is 0 Å². The van der Waals surface area contributed by atoms with Crippen LogP contribution in [-0.2, 0) is 20.8 Å². The third-order valence-electron chi connectivity index (χ3n) is 12.8. The predicted octanol–water partition coefficient (Wildman–Crippen LogP) is 3.56. The summed E-state index contributed by atoms with van der Waals surface area (Å²) in [5.41, 5.74) is 2.62. The van der Waals surface area contributed by atoms with Gasteiger partial charge in [0, 0.05) is 82.4 Å². The maximum atomic E-state index is 15.4. The summed E-state index contributed by atoms with van der Waals surface area (Å²) in [4.78, 5) is 47.6. The molecule has 0 saturated carbocycles. The zero-order valence-electron chi connectivity index (χ0n) is 33.2. The first-order chi connectivity index (χ1) is 29.1. The molecule has 6 aromatic rings. The van der Waals surface area contributed by atoms with Gasteiger partial charge in [-0.05, 0) is 44.0 Å². The molecule has 1 amide bonds. The molecule has 310 valence electrons. The Morgan fingerprint density at radius 1 is 0.900 bits per heavy atom. The monoisotopic (exact) mass is 821 g/mol. The zero-order chi connectivity index (χ0) is 41.0. The molecule has 2 aromatic carbocycles. The highest BCUT2D eigenvalue weighted by Crippen LogP contribution is 2.41. The number of amides is 1. The fourth-order valence-electron chi connectivity index (χ4n) is 9.75. The summed E-state index contributed by atoms with van der Waals surface area (Å²) < 4.78 is 59.6. The number of halogens is 3. The zero-order valence-corrected chi connectivity index (χ0v) is 33.2. The topological polar surface area (TPSA) is 148 Å². The number of likely N-dealkylation sites (N-methyl/N-ethyl adjacent to an activating group) is 1. The second-order valence-corrected chi connectivity index (χ2v) is 16.5. The van der Waals surface area contributed by atoms with E-state index < -0.39 is 29.6 Å². The smallest absolute Gasteiger partial charge is 0.245 e. The van der Waals surface area contributed by atoms with Crippen molar-refractivity contribution < 1.29 is 27.4 Å². The number of carbonyl (C=O) groups excluding carboxylic acids is 1. The van der Waals surface area contributed by atoms with E-state index >= 15 is 8.78 Å². The normalized spacial score (nSPS) is 24.7. The van der Waals surface area contributed by atoms with Crippen LogP contribution in [0.5, 0.6) is 0 Å². The van der Waals surface area contributed by atoms with Crippen molar-refractivity contribution in [1.29, 1.82) is 0 Å². The summed E-state index contributed by atoms with van der Waals surface area (Å²) in [5, 5.41) is 8.56. The Bertz CT molecular complexity index is 2680. The number of fused-ring (bicyclic) bond motifs is 8. The van der Waals surface area contributed by atoms with Gasteiger partial charge in [0.1, 0.15) is 35.0 Å². The van der Waals surface area contributed by atoms with Gasteiger partial charge in [-0.3, -0.25) is 9.69 Å². The third kappa shape index (κ3) is 6.03. The van der Waals surface area contributed by atoms with Gasteiger partial charge in [-0.2, -0.15) is 15.1 Å². The Balaban J connectivity index is 1.02. The number of nitrogens with zero attached hydrogens (tertiary/aromatic N) is 12. The summed E-state index contributed by atoms with van der Waals surface area (Å²) in [6, 6.07) is 7.59. The average molecular weight is 822 g/mol. The number of rotatable bonds is 5. The molecule has 5 fully saturated rings. The molecule has 6 aliphatic rings. The quantitative estimate of drug-likeness (QED) is 0.271. The van der Waals surface area contributed by atoms with Crippen molar-refractivity contribution in [1.82, 2.24) is 49.1 Å². The number of imidazole rings is 1. The molecule has 6 bridgehead atoms. The molecule has 0 radical (unpaired) electrons. The number of piperidine rings is 1. The molecule has 2 unspecified atom stereocenters. The summed E-state index contributed by atoms with van der Waals surface area (Å²) in [7, 11) is 3.36. The Morgan fingerprint density at radius 2 is 1.73 bits per heavy atom. The molecule has 0 aliphatic carbocycles. The highest BCUT2D eigenvalue weighted by molar-refractivity contribution is 5.94. The summed E-state index contributed by atoms with van der Waals surface area (Å²) >= 11 is 0. The van der Waals surface area contributed by atoms with Crippen molar-refractivity contribution in [2.45, 2.75) is 62.6 Å². The van der Waals surface area contributed by atoms with E-state index in [2.05, 4.69) is 30.2 Å². The molecule has 12 rings (SSSR count). The van der Waals surface area contributed by atoms with Gasteiger partial charge in [-0.1, -0.05) is 0 Å². The van der Waals surface area contributed by atoms with Crippen LogP contribution in [0, 0.1) is 24.4 Å². The van der Waals surface area contributed by atoms with Crippen LogP contribution < -0.4 is 15.1 Å². The Labute approximate surface area is 341 Å². The predicted molar refractivity (Wildman–Crippen MR) is 214 cm³/mol. The minimum Gasteiger partial charge on any atom is -0.378 e. The first kappa shape index (κ1) is 37.1. The Morgan fingerprint density at radius 3 is 2.50 bits per heavy atom. The van der Waals surface area contributed by atoms with Crippen molar-refractivity contribution >= 4 is 45.7 Å². The molecule has 10 heterocycles. The van der Waals surface area contributed by atoms with E-state index in [0.29, 0.717) is 82.4 Å². The number of benzene rings is 2. The molecule has 60 heavy (non-hydrogen) atoms. The van der Waals surface area contributed by atoms with E-state index in [4.69, 9.17) is 24.4 Å². The number of hydrogen-bond donors (Lipinski definition) is 1. The highest BCUT2D eigenvalue weighted by atomic mass is 19.1. The molecule has 16 nitrogen and oxygen atoms in total. The van der Waals surface area contributed by atoms with Crippen molar-refractivity contribution in [3.8, 4) is 16.9 Å². The average Bonchev–Trinajstić information content (AvgIpc) is 3.91. The van der Waals surface area contributed by atoms with E-state index in [1.165, 1.54) is 28.9 Å². The minimum atomic E-state index is -0.791. The molecule has 6 aliphatic heterocycles. The molecule has 5 atom stereocenters. The van der Waals surface area contributed by atoms with Crippen LogP contribution in [0.15, 0.2) is 48.8 Å².